The fourth-order valence-electron chi connectivity index (χ4n) is 2.08. The molecule has 6 heteroatoms. The monoisotopic (exact) mass is 304 g/mol. The van der Waals surface area contributed by atoms with Crippen LogP contribution in [0.25, 0.3) is 10.9 Å². The molecule has 0 spiro atoms. The lowest BCUT2D eigenvalue weighted by Crippen LogP contribution is -2.20. The summed E-state index contributed by atoms with van der Waals surface area (Å²) in [6.07, 6.45) is 0.0492. The number of nitrogens with one attached hydrogen (secondary N) is 1. The van der Waals surface area contributed by atoms with Crippen molar-refractivity contribution in [1.29, 1.82) is 0 Å². The molecule has 110 valence electrons. The summed E-state index contributed by atoms with van der Waals surface area (Å²) in [5, 5.41) is 12.3. The van der Waals surface area contributed by atoms with Crippen LogP contribution in [0.3, 0.4) is 0 Å². The second-order valence-electron chi connectivity index (χ2n) is 4.49. The van der Waals surface area contributed by atoms with Crippen LogP contribution in [0, 0.1) is 6.92 Å². The third-order valence-corrected chi connectivity index (χ3v) is 4.16. The van der Waals surface area contributed by atoms with Gasteiger partial charge in [0.05, 0.1) is 23.2 Å². The fraction of sp³-hybridized carbons (Fsp3) is 0.267. The number of nitrogens with zero attached hydrogens (tertiary/aromatic N) is 1. The summed E-state index contributed by atoms with van der Waals surface area (Å²) >= 11 is 1.38. The van der Waals surface area contributed by atoms with Gasteiger partial charge in [-0.25, -0.2) is 0 Å². The molecule has 21 heavy (non-hydrogen) atoms. The molecule has 5 nitrogen and oxygen atoms in total. The normalized spacial score (nSPS) is 10.6. The van der Waals surface area contributed by atoms with Crippen molar-refractivity contribution in [3.8, 4) is 0 Å². The highest BCUT2D eigenvalue weighted by molar-refractivity contribution is 7.99. The Kier molecular flexibility index (Phi) is 4.80. The van der Waals surface area contributed by atoms with E-state index in [1.54, 1.807) is 14.0 Å². The Morgan fingerprint density at radius 2 is 2.05 bits per heavy atom. The van der Waals surface area contributed by atoms with E-state index in [-0.39, 0.29) is 12.3 Å². The quantitative estimate of drug-likeness (QED) is 0.830. The Bertz CT molecular complexity index is 701. The number of carboxylic acids is 1. The number of thioether (sulfide) groups is 1. The zero-order chi connectivity index (χ0) is 15.4. The number of rotatable bonds is 5. The minimum absolute atomic E-state index is 0.0492. The van der Waals surface area contributed by atoms with E-state index in [4.69, 9.17) is 5.11 Å². The van der Waals surface area contributed by atoms with E-state index in [9.17, 15) is 9.59 Å². The van der Waals surface area contributed by atoms with Crippen LogP contribution in [0.5, 0.6) is 0 Å². The summed E-state index contributed by atoms with van der Waals surface area (Å²) in [5.41, 5.74) is 1.97. The first kappa shape index (κ1) is 15.3. The van der Waals surface area contributed by atoms with E-state index < -0.39 is 5.97 Å². The van der Waals surface area contributed by atoms with Crippen molar-refractivity contribution in [2.24, 2.45) is 0 Å². The molecule has 0 fully saturated rings. The SMILES string of the molecule is CNC(=O)c1c(C)nc2ccccc2c1SCCC(=O)O. The van der Waals surface area contributed by atoms with Gasteiger partial charge in [0.2, 0.25) is 0 Å². The lowest BCUT2D eigenvalue weighted by Gasteiger charge is -2.13. The second kappa shape index (κ2) is 6.58. The smallest absolute Gasteiger partial charge is 0.304 e. The van der Waals surface area contributed by atoms with Crippen molar-refractivity contribution in [3.63, 3.8) is 0 Å². The highest BCUT2D eigenvalue weighted by Gasteiger charge is 2.18. The number of hydrogen-bond donors (Lipinski definition) is 2. The standard InChI is InChI=1S/C15H16N2O3S/c1-9-13(15(20)16-2)14(21-8-7-12(18)19)10-5-3-4-6-11(10)17-9/h3-6H,7-8H2,1-2H3,(H,16,20)(H,18,19). The predicted octanol–water partition coefficient (Wildman–Crippen LogP) is 2.47. The number of carbonyl (C=O) groups excluding carboxylic acids is 1. The van der Waals surface area contributed by atoms with Crippen molar-refractivity contribution >= 4 is 34.5 Å². The first-order valence-electron chi connectivity index (χ1n) is 6.50. The van der Waals surface area contributed by atoms with Crippen LogP contribution in [0.15, 0.2) is 29.2 Å². The molecule has 2 aromatic rings. The molecule has 1 amide bonds. The number of amides is 1. The van der Waals surface area contributed by atoms with Gasteiger partial charge in [-0.05, 0) is 13.0 Å². The number of aromatic nitrogens is 1. The van der Waals surface area contributed by atoms with Crippen LogP contribution in [0.4, 0.5) is 0 Å². The Balaban J connectivity index is 2.55. The van der Waals surface area contributed by atoms with Crippen LogP contribution in [-0.2, 0) is 4.79 Å². The van der Waals surface area contributed by atoms with Gasteiger partial charge in [-0.1, -0.05) is 18.2 Å². The summed E-state index contributed by atoms with van der Waals surface area (Å²) in [6.45, 7) is 1.79. The Hall–Kier alpha value is -2.08. The number of pyridine rings is 1. The fourth-order valence-corrected chi connectivity index (χ4v) is 3.28. The number of carbonyl (C=O) groups is 2. The van der Waals surface area contributed by atoms with E-state index in [0.29, 0.717) is 17.0 Å². The number of benzene rings is 1. The van der Waals surface area contributed by atoms with Gasteiger partial charge in [0.25, 0.3) is 5.91 Å². The van der Waals surface area contributed by atoms with Crippen LogP contribution in [0.1, 0.15) is 22.5 Å². The number of carboxylic acid groups (broad SMARTS) is 1. The van der Waals surface area contributed by atoms with E-state index in [2.05, 4.69) is 10.3 Å². The number of para-hydroxylation sites is 1. The molecule has 2 N–H and O–H groups in total. The second-order valence-corrected chi connectivity index (χ2v) is 5.59. The van der Waals surface area contributed by atoms with Crippen molar-refractivity contribution < 1.29 is 14.7 Å². The van der Waals surface area contributed by atoms with Crippen molar-refractivity contribution in [1.82, 2.24) is 10.3 Å². The zero-order valence-corrected chi connectivity index (χ0v) is 12.7. The third kappa shape index (κ3) is 3.33. The highest BCUT2D eigenvalue weighted by Crippen LogP contribution is 2.32. The molecule has 1 heterocycles. The molecule has 1 aromatic heterocycles. The Labute approximate surface area is 126 Å². The maximum Gasteiger partial charge on any atom is 0.304 e. The maximum absolute atomic E-state index is 12.1. The number of fused-ring (bicyclic) bond motifs is 1. The van der Waals surface area contributed by atoms with Gasteiger partial charge in [0.1, 0.15) is 0 Å². The van der Waals surface area contributed by atoms with E-state index in [1.165, 1.54) is 11.8 Å². The zero-order valence-electron chi connectivity index (χ0n) is 11.8. The van der Waals surface area contributed by atoms with Crippen LogP contribution < -0.4 is 5.32 Å². The third-order valence-electron chi connectivity index (χ3n) is 3.04. The molecule has 0 aliphatic rings. The average Bonchev–Trinajstić information content (AvgIpc) is 2.46. The molecule has 0 saturated heterocycles. The molecular weight excluding hydrogens is 288 g/mol. The molecular formula is C15H16N2O3S. The number of aliphatic carboxylic acids is 1. The molecule has 0 aliphatic heterocycles. The van der Waals surface area contributed by atoms with Crippen LogP contribution >= 0.6 is 11.8 Å². The van der Waals surface area contributed by atoms with E-state index >= 15 is 0 Å². The largest absolute Gasteiger partial charge is 0.481 e. The first-order valence-corrected chi connectivity index (χ1v) is 7.49. The Morgan fingerprint density at radius 1 is 1.33 bits per heavy atom. The van der Waals surface area contributed by atoms with Gasteiger partial charge < -0.3 is 10.4 Å². The summed E-state index contributed by atoms with van der Waals surface area (Å²) in [7, 11) is 1.57. The van der Waals surface area contributed by atoms with Gasteiger partial charge >= 0.3 is 5.97 Å². The molecule has 0 radical (unpaired) electrons. The van der Waals surface area contributed by atoms with Gasteiger partial charge in [-0.15, -0.1) is 11.8 Å². The molecule has 0 saturated carbocycles. The minimum atomic E-state index is -0.848. The summed E-state index contributed by atoms with van der Waals surface area (Å²) in [5.74, 6) is -0.644. The van der Waals surface area contributed by atoms with Crippen molar-refractivity contribution in [2.75, 3.05) is 12.8 Å². The first-order chi connectivity index (χ1) is 10.0. The molecule has 1 aromatic carbocycles. The topological polar surface area (TPSA) is 79.3 Å². The molecule has 0 unspecified atom stereocenters. The van der Waals surface area contributed by atoms with E-state index in [0.717, 1.165) is 15.8 Å². The molecule has 0 bridgehead atoms. The average molecular weight is 304 g/mol. The number of aryl methyl sites for hydroxylation is 1. The Morgan fingerprint density at radius 3 is 2.71 bits per heavy atom. The lowest BCUT2D eigenvalue weighted by molar-refractivity contribution is -0.136. The summed E-state index contributed by atoms with van der Waals surface area (Å²) < 4.78 is 0. The summed E-state index contributed by atoms with van der Waals surface area (Å²) in [4.78, 5) is 28.1. The lowest BCUT2D eigenvalue weighted by atomic mass is 10.1. The predicted molar refractivity (Wildman–Crippen MR) is 82.8 cm³/mol. The van der Waals surface area contributed by atoms with Crippen LogP contribution in [-0.4, -0.2) is 34.8 Å². The van der Waals surface area contributed by atoms with Gasteiger partial charge in [-0.2, -0.15) is 0 Å². The highest BCUT2D eigenvalue weighted by atomic mass is 32.2. The minimum Gasteiger partial charge on any atom is -0.481 e. The molecule has 0 aliphatic carbocycles. The van der Waals surface area contributed by atoms with Gasteiger partial charge in [0.15, 0.2) is 0 Å². The van der Waals surface area contributed by atoms with Crippen molar-refractivity contribution in [2.45, 2.75) is 18.2 Å². The maximum atomic E-state index is 12.1. The van der Waals surface area contributed by atoms with Gasteiger partial charge in [0, 0.05) is 23.1 Å². The van der Waals surface area contributed by atoms with E-state index in [1.807, 2.05) is 24.3 Å². The summed E-state index contributed by atoms with van der Waals surface area (Å²) in [6, 6.07) is 7.56. The molecule has 2 rings (SSSR count). The van der Waals surface area contributed by atoms with Crippen molar-refractivity contribution in [3.05, 3.63) is 35.5 Å². The molecule has 0 atom stereocenters. The van der Waals surface area contributed by atoms with Crippen LogP contribution in [0.2, 0.25) is 0 Å². The van der Waals surface area contributed by atoms with Gasteiger partial charge in [-0.3, -0.25) is 14.6 Å². The number of hydrogen-bond acceptors (Lipinski definition) is 4.